The van der Waals surface area contributed by atoms with Crippen molar-refractivity contribution in [2.75, 3.05) is 5.32 Å². The van der Waals surface area contributed by atoms with Gasteiger partial charge in [0.25, 0.3) is 5.91 Å². The molecule has 2 saturated carbocycles. The van der Waals surface area contributed by atoms with Crippen molar-refractivity contribution in [2.24, 2.45) is 22.9 Å². The predicted molar refractivity (Wildman–Crippen MR) is 106 cm³/mol. The lowest BCUT2D eigenvalue weighted by molar-refractivity contribution is -0.149. The number of oxime groups is 1. The van der Waals surface area contributed by atoms with Gasteiger partial charge in [-0.05, 0) is 61.6 Å². The molecule has 1 aromatic carbocycles. The molecule has 140 valence electrons. The number of hydrogen-bond donors (Lipinski definition) is 2. The van der Waals surface area contributed by atoms with Gasteiger partial charge in [0.05, 0.1) is 11.6 Å². The van der Waals surface area contributed by atoms with E-state index in [1.165, 1.54) is 0 Å². The Hall–Kier alpha value is -3.15. The molecule has 2 fully saturated rings. The molecule has 4 unspecified atom stereocenters. The molecule has 0 spiro atoms. The van der Waals surface area contributed by atoms with Crippen LogP contribution in [0.1, 0.15) is 24.8 Å². The largest absolute Gasteiger partial charge is 0.378 e. The van der Waals surface area contributed by atoms with Gasteiger partial charge in [0.15, 0.2) is 0 Å². The van der Waals surface area contributed by atoms with Gasteiger partial charge in [0, 0.05) is 46.7 Å². The summed E-state index contributed by atoms with van der Waals surface area (Å²) in [6, 6.07) is 11.8. The molecule has 6 rings (SSSR count). The van der Waals surface area contributed by atoms with E-state index in [2.05, 4.69) is 20.4 Å². The Morgan fingerprint density at radius 1 is 1.25 bits per heavy atom. The summed E-state index contributed by atoms with van der Waals surface area (Å²) in [6.07, 6.45) is 8.62. The first-order chi connectivity index (χ1) is 13.8. The molecule has 6 heteroatoms. The summed E-state index contributed by atoms with van der Waals surface area (Å²) < 4.78 is 0. The first-order valence-electron chi connectivity index (χ1n) is 9.81. The molecule has 0 radical (unpaired) electrons. The maximum atomic E-state index is 13.5. The fraction of sp³-hybridized carbons (Fsp3) is 0.318. The van der Waals surface area contributed by atoms with E-state index in [4.69, 9.17) is 4.84 Å². The average molecular weight is 372 g/mol. The molecule has 6 nitrogen and oxygen atoms in total. The SMILES string of the molecule is O=C(Nc1ccc2[nH]ccc2c1)C12ON=C(c3cccnc3)C1C1CCC2C1. The second-order valence-electron chi connectivity index (χ2n) is 8.08. The molecule has 3 heterocycles. The van der Waals surface area contributed by atoms with Crippen LogP contribution in [0.2, 0.25) is 0 Å². The molecule has 1 aliphatic heterocycles. The predicted octanol–water partition coefficient (Wildman–Crippen LogP) is 3.72. The number of nitrogens with zero attached hydrogens (tertiary/aromatic N) is 2. The summed E-state index contributed by atoms with van der Waals surface area (Å²) in [7, 11) is 0. The molecule has 2 N–H and O–H groups in total. The standard InChI is InChI=1S/C22H20N4O2/c27-21(25-17-5-6-18-13(11-17)7-9-24-18)22-16-4-3-14(10-16)19(22)20(26-28-22)15-2-1-8-23-12-15/h1-2,5-9,11-12,14,16,19,24H,3-4,10H2,(H,25,27). The normalized spacial score (nSPS) is 30.1. The molecular weight excluding hydrogens is 352 g/mol. The van der Waals surface area contributed by atoms with Crippen LogP contribution in [0.4, 0.5) is 5.69 Å². The zero-order chi connectivity index (χ0) is 18.7. The minimum atomic E-state index is -0.902. The van der Waals surface area contributed by atoms with Crippen molar-refractivity contribution in [1.29, 1.82) is 0 Å². The third kappa shape index (κ3) is 2.06. The number of nitrogens with one attached hydrogen (secondary N) is 2. The molecule has 2 aromatic heterocycles. The van der Waals surface area contributed by atoms with Gasteiger partial charge >= 0.3 is 0 Å². The number of anilines is 1. The highest BCUT2D eigenvalue weighted by atomic mass is 16.7. The third-order valence-electron chi connectivity index (χ3n) is 6.73. The van der Waals surface area contributed by atoms with Crippen LogP contribution in [0.5, 0.6) is 0 Å². The Bertz CT molecular complexity index is 1110. The Morgan fingerprint density at radius 3 is 3.11 bits per heavy atom. The van der Waals surface area contributed by atoms with Crippen molar-refractivity contribution in [3.05, 3.63) is 60.6 Å². The number of aromatic nitrogens is 2. The van der Waals surface area contributed by atoms with E-state index in [0.29, 0.717) is 5.92 Å². The van der Waals surface area contributed by atoms with E-state index in [-0.39, 0.29) is 17.7 Å². The highest BCUT2D eigenvalue weighted by molar-refractivity contribution is 6.10. The first kappa shape index (κ1) is 15.9. The quantitative estimate of drug-likeness (QED) is 0.735. The van der Waals surface area contributed by atoms with Crippen LogP contribution in [0.3, 0.4) is 0 Å². The molecule has 3 aliphatic rings. The highest BCUT2D eigenvalue weighted by Gasteiger charge is 2.69. The van der Waals surface area contributed by atoms with Crippen molar-refractivity contribution < 1.29 is 9.63 Å². The number of hydrogen-bond acceptors (Lipinski definition) is 4. The van der Waals surface area contributed by atoms with Crippen molar-refractivity contribution in [2.45, 2.75) is 24.9 Å². The van der Waals surface area contributed by atoms with Gasteiger partial charge in [0.2, 0.25) is 5.60 Å². The molecule has 28 heavy (non-hydrogen) atoms. The fourth-order valence-corrected chi connectivity index (χ4v) is 5.53. The van der Waals surface area contributed by atoms with Gasteiger partial charge in [-0.25, -0.2) is 0 Å². The summed E-state index contributed by atoms with van der Waals surface area (Å²) in [4.78, 5) is 26.9. The van der Waals surface area contributed by atoms with Crippen LogP contribution in [0, 0.1) is 17.8 Å². The molecular formula is C22H20N4O2. The molecule has 2 aliphatic carbocycles. The number of carbonyl (C=O) groups is 1. The Morgan fingerprint density at radius 2 is 2.21 bits per heavy atom. The lowest BCUT2D eigenvalue weighted by Crippen LogP contribution is -2.53. The number of benzene rings is 1. The van der Waals surface area contributed by atoms with E-state index in [1.54, 1.807) is 6.20 Å². The number of carbonyl (C=O) groups excluding carboxylic acids is 1. The number of rotatable bonds is 3. The minimum absolute atomic E-state index is 0.00793. The summed E-state index contributed by atoms with van der Waals surface area (Å²) in [6.45, 7) is 0. The van der Waals surface area contributed by atoms with Crippen LogP contribution >= 0.6 is 0 Å². The highest BCUT2D eigenvalue weighted by Crippen LogP contribution is 2.60. The maximum absolute atomic E-state index is 13.5. The van der Waals surface area contributed by atoms with Crippen LogP contribution in [0.15, 0.2) is 60.1 Å². The smallest absolute Gasteiger partial charge is 0.272 e. The number of amides is 1. The van der Waals surface area contributed by atoms with Gasteiger partial charge in [-0.15, -0.1) is 0 Å². The monoisotopic (exact) mass is 372 g/mol. The summed E-state index contributed by atoms with van der Waals surface area (Å²) >= 11 is 0. The lowest BCUT2D eigenvalue weighted by atomic mass is 9.72. The lowest BCUT2D eigenvalue weighted by Gasteiger charge is -2.35. The van der Waals surface area contributed by atoms with Gasteiger partial charge in [-0.3, -0.25) is 9.78 Å². The first-order valence-corrected chi connectivity index (χ1v) is 9.81. The van der Waals surface area contributed by atoms with E-state index < -0.39 is 5.60 Å². The topological polar surface area (TPSA) is 79.4 Å². The average Bonchev–Trinajstić information content (AvgIpc) is 3.48. The number of aromatic amines is 1. The molecule has 4 atom stereocenters. The van der Waals surface area contributed by atoms with Gasteiger partial charge in [0.1, 0.15) is 0 Å². The third-order valence-corrected chi connectivity index (χ3v) is 6.73. The van der Waals surface area contributed by atoms with Crippen LogP contribution in [0.25, 0.3) is 10.9 Å². The Labute approximate surface area is 162 Å². The molecule has 1 amide bonds. The number of fused-ring (bicyclic) bond motifs is 6. The van der Waals surface area contributed by atoms with E-state index in [9.17, 15) is 4.79 Å². The second kappa shape index (κ2) is 5.67. The van der Waals surface area contributed by atoms with Crippen LogP contribution < -0.4 is 5.32 Å². The number of H-pyrrole nitrogens is 1. The minimum Gasteiger partial charge on any atom is -0.378 e. The van der Waals surface area contributed by atoms with Crippen molar-refractivity contribution in [3.8, 4) is 0 Å². The molecule has 0 saturated heterocycles. The maximum Gasteiger partial charge on any atom is 0.272 e. The molecule has 3 aromatic rings. The Balaban J connectivity index is 1.35. The summed E-state index contributed by atoms with van der Waals surface area (Å²) in [5.74, 6) is 0.550. The van der Waals surface area contributed by atoms with E-state index in [1.807, 2.05) is 48.8 Å². The summed E-state index contributed by atoms with van der Waals surface area (Å²) in [5.41, 5.74) is 2.75. The zero-order valence-corrected chi connectivity index (χ0v) is 15.3. The van der Waals surface area contributed by atoms with Crippen LogP contribution in [-0.2, 0) is 9.63 Å². The number of pyridine rings is 1. The van der Waals surface area contributed by atoms with Crippen molar-refractivity contribution in [1.82, 2.24) is 9.97 Å². The zero-order valence-electron chi connectivity index (χ0n) is 15.3. The summed E-state index contributed by atoms with van der Waals surface area (Å²) in [5, 5.41) is 8.61. The fourth-order valence-electron chi connectivity index (χ4n) is 5.53. The molecule has 2 bridgehead atoms. The Kier molecular flexibility index (Phi) is 3.21. The van der Waals surface area contributed by atoms with E-state index in [0.717, 1.165) is 47.1 Å². The second-order valence-corrected chi connectivity index (χ2v) is 8.08. The van der Waals surface area contributed by atoms with E-state index >= 15 is 0 Å². The van der Waals surface area contributed by atoms with Gasteiger partial charge in [-0.1, -0.05) is 5.16 Å². The van der Waals surface area contributed by atoms with Crippen molar-refractivity contribution >= 4 is 28.2 Å². The van der Waals surface area contributed by atoms with Crippen molar-refractivity contribution in [3.63, 3.8) is 0 Å². The van der Waals surface area contributed by atoms with Gasteiger partial charge in [-0.2, -0.15) is 0 Å². The van der Waals surface area contributed by atoms with Gasteiger partial charge < -0.3 is 15.1 Å². The van der Waals surface area contributed by atoms with Crippen LogP contribution in [-0.4, -0.2) is 27.2 Å².